The van der Waals surface area contributed by atoms with Crippen molar-refractivity contribution in [1.82, 2.24) is 10.2 Å². The number of nitrogens with one attached hydrogen (secondary N) is 1. The Morgan fingerprint density at radius 2 is 2.06 bits per heavy atom. The van der Waals surface area contributed by atoms with E-state index in [1.807, 2.05) is 0 Å². The molecular weight excluding hydrogens is 224 g/mol. The van der Waals surface area contributed by atoms with E-state index in [4.69, 9.17) is 0 Å². The molecule has 2 atom stereocenters. The standard InChI is InChI=1S/C15H28N2O/c1-5-6-14-16-13(7-10(2)3)15(18)17(14)12-8-11(4)9-12/h10-14,16H,5-9H2,1-4H3. The zero-order valence-corrected chi connectivity index (χ0v) is 12.3. The lowest BCUT2D eigenvalue weighted by Gasteiger charge is -2.42. The van der Waals surface area contributed by atoms with Gasteiger partial charge in [0.15, 0.2) is 0 Å². The summed E-state index contributed by atoms with van der Waals surface area (Å²) in [6.07, 6.45) is 5.88. The first-order valence-electron chi connectivity index (χ1n) is 7.61. The molecule has 18 heavy (non-hydrogen) atoms. The molecule has 0 aromatic rings. The Bertz CT molecular complexity index is 297. The lowest BCUT2D eigenvalue weighted by molar-refractivity contribution is -0.135. The van der Waals surface area contributed by atoms with Crippen molar-refractivity contribution in [2.75, 3.05) is 0 Å². The molecule has 3 nitrogen and oxygen atoms in total. The van der Waals surface area contributed by atoms with Gasteiger partial charge in [0, 0.05) is 6.04 Å². The average Bonchev–Trinajstić information content (AvgIpc) is 2.52. The van der Waals surface area contributed by atoms with E-state index >= 15 is 0 Å². The first-order chi connectivity index (χ1) is 8.52. The van der Waals surface area contributed by atoms with Crippen LogP contribution in [-0.2, 0) is 4.79 Å². The van der Waals surface area contributed by atoms with Crippen LogP contribution in [0, 0.1) is 11.8 Å². The maximum Gasteiger partial charge on any atom is 0.241 e. The van der Waals surface area contributed by atoms with E-state index in [0.717, 1.165) is 25.2 Å². The fourth-order valence-corrected chi connectivity index (χ4v) is 3.37. The highest BCUT2D eigenvalue weighted by Gasteiger charge is 2.45. The second kappa shape index (κ2) is 5.60. The van der Waals surface area contributed by atoms with Gasteiger partial charge >= 0.3 is 0 Å². The molecule has 1 heterocycles. The van der Waals surface area contributed by atoms with Gasteiger partial charge in [-0.1, -0.05) is 34.1 Å². The van der Waals surface area contributed by atoms with E-state index in [0.29, 0.717) is 24.0 Å². The average molecular weight is 252 g/mol. The molecule has 1 saturated heterocycles. The molecule has 1 N–H and O–H groups in total. The van der Waals surface area contributed by atoms with Crippen LogP contribution in [0.2, 0.25) is 0 Å². The van der Waals surface area contributed by atoms with Gasteiger partial charge in [-0.15, -0.1) is 0 Å². The van der Waals surface area contributed by atoms with Gasteiger partial charge in [-0.3, -0.25) is 10.1 Å². The molecule has 2 fully saturated rings. The highest BCUT2D eigenvalue weighted by Crippen LogP contribution is 2.35. The third-order valence-corrected chi connectivity index (χ3v) is 4.29. The summed E-state index contributed by atoms with van der Waals surface area (Å²) < 4.78 is 0. The first-order valence-corrected chi connectivity index (χ1v) is 7.61. The fraction of sp³-hybridized carbons (Fsp3) is 0.933. The molecule has 2 rings (SSSR count). The van der Waals surface area contributed by atoms with Crippen LogP contribution in [0.15, 0.2) is 0 Å². The van der Waals surface area contributed by atoms with Crippen molar-refractivity contribution in [1.29, 1.82) is 0 Å². The molecular formula is C15H28N2O. The van der Waals surface area contributed by atoms with Crippen LogP contribution in [0.4, 0.5) is 0 Å². The van der Waals surface area contributed by atoms with Gasteiger partial charge in [0.2, 0.25) is 5.91 Å². The lowest BCUT2D eigenvalue weighted by atomic mass is 9.80. The van der Waals surface area contributed by atoms with Crippen molar-refractivity contribution >= 4 is 5.91 Å². The molecule has 0 aromatic carbocycles. The minimum absolute atomic E-state index is 0.0671. The fourth-order valence-electron chi connectivity index (χ4n) is 3.37. The second-order valence-corrected chi connectivity index (χ2v) is 6.63. The minimum Gasteiger partial charge on any atom is -0.323 e. The molecule has 2 aliphatic rings. The molecule has 1 aliphatic heterocycles. The summed E-state index contributed by atoms with van der Waals surface area (Å²) in [7, 11) is 0. The minimum atomic E-state index is 0.0671. The quantitative estimate of drug-likeness (QED) is 0.816. The number of carbonyl (C=O) groups excluding carboxylic acids is 1. The normalized spacial score (nSPS) is 36.3. The Morgan fingerprint density at radius 3 is 2.56 bits per heavy atom. The molecule has 3 heteroatoms. The number of hydrogen-bond acceptors (Lipinski definition) is 2. The van der Waals surface area contributed by atoms with Crippen molar-refractivity contribution < 1.29 is 4.79 Å². The van der Waals surface area contributed by atoms with Crippen molar-refractivity contribution in [3.05, 3.63) is 0 Å². The number of nitrogens with zero attached hydrogens (tertiary/aromatic N) is 1. The Morgan fingerprint density at radius 1 is 1.39 bits per heavy atom. The molecule has 1 amide bonds. The number of carbonyl (C=O) groups is 1. The van der Waals surface area contributed by atoms with Gasteiger partial charge in [0.25, 0.3) is 0 Å². The van der Waals surface area contributed by atoms with E-state index in [9.17, 15) is 4.79 Å². The van der Waals surface area contributed by atoms with Crippen molar-refractivity contribution in [2.45, 2.75) is 78.0 Å². The molecule has 0 aromatic heterocycles. The summed E-state index contributed by atoms with van der Waals surface area (Å²) in [4.78, 5) is 14.7. The Balaban J connectivity index is 2.02. The van der Waals surface area contributed by atoms with E-state index < -0.39 is 0 Å². The van der Waals surface area contributed by atoms with Gasteiger partial charge in [0.1, 0.15) is 0 Å². The summed E-state index contributed by atoms with van der Waals surface area (Å²) >= 11 is 0. The molecule has 2 unspecified atom stereocenters. The largest absolute Gasteiger partial charge is 0.323 e. The monoisotopic (exact) mass is 252 g/mol. The molecule has 104 valence electrons. The highest BCUT2D eigenvalue weighted by molar-refractivity contribution is 5.84. The van der Waals surface area contributed by atoms with Crippen LogP contribution >= 0.6 is 0 Å². The highest BCUT2D eigenvalue weighted by atomic mass is 16.2. The Kier molecular flexibility index (Phi) is 4.31. The molecule has 0 spiro atoms. The molecule has 1 saturated carbocycles. The lowest BCUT2D eigenvalue weighted by Crippen LogP contribution is -2.50. The third kappa shape index (κ3) is 2.71. The predicted molar refractivity (Wildman–Crippen MR) is 74.1 cm³/mol. The van der Waals surface area contributed by atoms with E-state index in [2.05, 4.69) is 37.9 Å². The van der Waals surface area contributed by atoms with Crippen molar-refractivity contribution in [3.63, 3.8) is 0 Å². The van der Waals surface area contributed by atoms with Crippen LogP contribution in [-0.4, -0.2) is 29.1 Å². The zero-order valence-electron chi connectivity index (χ0n) is 12.3. The summed E-state index contributed by atoms with van der Waals surface area (Å²) in [5, 5.41) is 3.56. The van der Waals surface area contributed by atoms with Crippen LogP contribution in [0.5, 0.6) is 0 Å². The van der Waals surface area contributed by atoms with Crippen molar-refractivity contribution in [3.8, 4) is 0 Å². The summed E-state index contributed by atoms with van der Waals surface area (Å²) in [6, 6.07) is 0.575. The second-order valence-electron chi connectivity index (χ2n) is 6.63. The van der Waals surface area contributed by atoms with Crippen molar-refractivity contribution in [2.24, 2.45) is 11.8 Å². The summed E-state index contributed by atoms with van der Waals surface area (Å²) in [5.74, 6) is 1.74. The maximum absolute atomic E-state index is 12.5. The molecule has 0 bridgehead atoms. The van der Waals surface area contributed by atoms with E-state index in [1.165, 1.54) is 12.8 Å². The Labute approximate surface area is 111 Å². The van der Waals surface area contributed by atoms with Gasteiger partial charge in [-0.2, -0.15) is 0 Å². The molecule has 1 aliphatic carbocycles. The maximum atomic E-state index is 12.5. The van der Waals surface area contributed by atoms with Gasteiger partial charge in [0.05, 0.1) is 12.2 Å². The summed E-state index contributed by atoms with van der Waals surface area (Å²) in [5.41, 5.74) is 0. The van der Waals surface area contributed by atoms with E-state index in [1.54, 1.807) is 0 Å². The Hall–Kier alpha value is -0.570. The van der Waals surface area contributed by atoms with Crippen LogP contribution in [0.25, 0.3) is 0 Å². The number of amides is 1. The zero-order chi connectivity index (χ0) is 13.3. The SMILES string of the molecule is CCCC1NC(CC(C)C)C(=O)N1C1CC(C)C1. The third-order valence-electron chi connectivity index (χ3n) is 4.29. The van der Waals surface area contributed by atoms with Crippen LogP contribution in [0.1, 0.15) is 59.8 Å². The van der Waals surface area contributed by atoms with E-state index in [-0.39, 0.29) is 6.04 Å². The van der Waals surface area contributed by atoms with Gasteiger partial charge in [-0.25, -0.2) is 0 Å². The topological polar surface area (TPSA) is 32.3 Å². The van der Waals surface area contributed by atoms with Gasteiger partial charge < -0.3 is 4.90 Å². The van der Waals surface area contributed by atoms with Crippen LogP contribution < -0.4 is 5.32 Å². The van der Waals surface area contributed by atoms with Gasteiger partial charge in [-0.05, 0) is 37.5 Å². The summed E-state index contributed by atoms with van der Waals surface area (Å²) in [6.45, 7) is 8.87. The number of rotatable bonds is 5. The number of hydrogen-bond donors (Lipinski definition) is 1. The van der Waals surface area contributed by atoms with Crippen LogP contribution in [0.3, 0.4) is 0 Å². The molecule has 0 radical (unpaired) electrons. The first kappa shape index (κ1) is 13.9. The predicted octanol–water partition coefficient (Wildman–Crippen LogP) is 2.76. The smallest absolute Gasteiger partial charge is 0.241 e.